The molecule has 20 heavy (non-hydrogen) atoms. The van der Waals surface area contributed by atoms with Crippen molar-refractivity contribution < 1.29 is 23.7 Å². The Bertz CT molecular complexity index is 217. The SMILES string of the molecule is CCNC(=O)CCOCCOCCOCCOCCN. The molecule has 0 atom stereocenters. The maximum atomic E-state index is 11.1. The maximum Gasteiger partial charge on any atom is 0.222 e. The number of carbonyl (C=O) groups excluding carboxylic acids is 1. The largest absolute Gasteiger partial charge is 0.379 e. The summed E-state index contributed by atoms with van der Waals surface area (Å²) < 4.78 is 21.0. The van der Waals surface area contributed by atoms with Crippen LogP contribution in [0.4, 0.5) is 0 Å². The van der Waals surface area contributed by atoms with E-state index in [1.807, 2.05) is 6.92 Å². The fourth-order valence-corrected chi connectivity index (χ4v) is 1.30. The van der Waals surface area contributed by atoms with E-state index in [0.717, 1.165) is 0 Å². The maximum absolute atomic E-state index is 11.1. The van der Waals surface area contributed by atoms with Gasteiger partial charge in [-0.05, 0) is 6.92 Å². The summed E-state index contributed by atoms with van der Waals surface area (Å²) in [5.41, 5.74) is 5.27. The molecule has 0 saturated heterocycles. The second kappa shape index (κ2) is 16.3. The molecule has 120 valence electrons. The molecular formula is C13H28N2O5. The van der Waals surface area contributed by atoms with Crippen molar-refractivity contribution in [3.8, 4) is 0 Å². The molecule has 1 amide bonds. The van der Waals surface area contributed by atoms with Crippen molar-refractivity contribution in [2.45, 2.75) is 13.3 Å². The molecule has 0 rings (SSSR count). The van der Waals surface area contributed by atoms with Gasteiger partial charge in [0.2, 0.25) is 5.91 Å². The Morgan fingerprint density at radius 3 is 1.75 bits per heavy atom. The van der Waals surface area contributed by atoms with Crippen LogP contribution < -0.4 is 11.1 Å². The summed E-state index contributed by atoms with van der Waals surface area (Å²) in [7, 11) is 0. The van der Waals surface area contributed by atoms with Crippen LogP contribution in [0, 0.1) is 0 Å². The van der Waals surface area contributed by atoms with Crippen molar-refractivity contribution >= 4 is 5.91 Å². The summed E-state index contributed by atoms with van der Waals surface area (Å²) in [6, 6.07) is 0. The average molecular weight is 292 g/mol. The Morgan fingerprint density at radius 2 is 1.30 bits per heavy atom. The lowest BCUT2D eigenvalue weighted by atomic mass is 10.4. The lowest BCUT2D eigenvalue weighted by molar-refractivity contribution is -0.122. The highest BCUT2D eigenvalue weighted by Crippen LogP contribution is 1.85. The zero-order chi connectivity index (χ0) is 14.9. The number of amides is 1. The topological polar surface area (TPSA) is 92.0 Å². The highest BCUT2D eigenvalue weighted by atomic mass is 16.6. The van der Waals surface area contributed by atoms with Crippen molar-refractivity contribution in [3.05, 3.63) is 0 Å². The van der Waals surface area contributed by atoms with Crippen molar-refractivity contribution in [3.63, 3.8) is 0 Å². The number of nitrogens with two attached hydrogens (primary N) is 1. The van der Waals surface area contributed by atoms with Gasteiger partial charge in [-0.15, -0.1) is 0 Å². The first kappa shape index (κ1) is 19.3. The third-order valence-corrected chi connectivity index (χ3v) is 2.23. The fourth-order valence-electron chi connectivity index (χ4n) is 1.30. The van der Waals surface area contributed by atoms with E-state index in [4.69, 9.17) is 24.7 Å². The van der Waals surface area contributed by atoms with Crippen LogP contribution in [0.1, 0.15) is 13.3 Å². The van der Waals surface area contributed by atoms with Crippen molar-refractivity contribution in [2.24, 2.45) is 5.73 Å². The molecule has 0 fully saturated rings. The van der Waals surface area contributed by atoms with Crippen LogP contribution in [-0.2, 0) is 23.7 Å². The van der Waals surface area contributed by atoms with Crippen LogP contribution in [-0.4, -0.2) is 71.9 Å². The molecule has 0 aromatic carbocycles. The van der Waals surface area contributed by atoms with Gasteiger partial charge in [-0.1, -0.05) is 0 Å². The van der Waals surface area contributed by atoms with Gasteiger partial charge in [0.05, 0.1) is 52.9 Å². The molecule has 0 heterocycles. The monoisotopic (exact) mass is 292 g/mol. The predicted octanol–water partition coefficient (Wildman–Crippen LogP) is -0.462. The average Bonchev–Trinajstić information content (AvgIpc) is 2.44. The fraction of sp³-hybridized carbons (Fsp3) is 0.923. The van der Waals surface area contributed by atoms with Crippen molar-refractivity contribution in [1.82, 2.24) is 5.32 Å². The summed E-state index contributed by atoms with van der Waals surface area (Å²) in [5, 5.41) is 2.71. The van der Waals surface area contributed by atoms with Crippen LogP contribution in [0.25, 0.3) is 0 Å². The first-order chi connectivity index (χ1) is 9.81. The van der Waals surface area contributed by atoms with Gasteiger partial charge >= 0.3 is 0 Å². The number of hydrogen-bond donors (Lipinski definition) is 2. The van der Waals surface area contributed by atoms with E-state index in [1.165, 1.54) is 0 Å². The second-order valence-electron chi connectivity index (χ2n) is 3.94. The minimum atomic E-state index is 0.0127. The van der Waals surface area contributed by atoms with E-state index < -0.39 is 0 Å². The molecule has 0 aromatic rings. The van der Waals surface area contributed by atoms with E-state index in [-0.39, 0.29) is 5.91 Å². The van der Waals surface area contributed by atoms with E-state index in [0.29, 0.717) is 72.4 Å². The van der Waals surface area contributed by atoms with Crippen LogP contribution in [0.2, 0.25) is 0 Å². The van der Waals surface area contributed by atoms with Crippen LogP contribution in [0.15, 0.2) is 0 Å². The van der Waals surface area contributed by atoms with E-state index in [1.54, 1.807) is 0 Å². The number of carbonyl (C=O) groups is 1. The van der Waals surface area contributed by atoms with Gasteiger partial charge in [0.15, 0.2) is 0 Å². The summed E-state index contributed by atoms with van der Waals surface area (Å²) in [4.78, 5) is 11.1. The third-order valence-electron chi connectivity index (χ3n) is 2.23. The lowest BCUT2D eigenvalue weighted by Gasteiger charge is -2.07. The summed E-state index contributed by atoms with van der Waals surface area (Å²) in [5.74, 6) is 0.0127. The predicted molar refractivity (Wildman–Crippen MR) is 75.6 cm³/mol. The zero-order valence-electron chi connectivity index (χ0n) is 12.4. The molecule has 0 aliphatic carbocycles. The molecule has 7 nitrogen and oxygen atoms in total. The van der Waals surface area contributed by atoms with Gasteiger partial charge in [-0.25, -0.2) is 0 Å². The quantitative estimate of drug-likeness (QED) is 0.397. The molecule has 0 aliphatic heterocycles. The molecule has 0 saturated carbocycles. The van der Waals surface area contributed by atoms with E-state index in [2.05, 4.69) is 5.32 Å². The molecule has 0 radical (unpaired) electrons. The summed E-state index contributed by atoms with van der Waals surface area (Å²) in [6.45, 7) is 7.20. The van der Waals surface area contributed by atoms with E-state index in [9.17, 15) is 4.79 Å². The van der Waals surface area contributed by atoms with Crippen LogP contribution in [0.5, 0.6) is 0 Å². The Morgan fingerprint density at radius 1 is 0.850 bits per heavy atom. The van der Waals surface area contributed by atoms with E-state index >= 15 is 0 Å². The Balaban J connectivity index is 3.01. The van der Waals surface area contributed by atoms with Crippen molar-refractivity contribution in [1.29, 1.82) is 0 Å². The smallest absolute Gasteiger partial charge is 0.222 e. The molecule has 0 aliphatic rings. The van der Waals surface area contributed by atoms with Crippen LogP contribution in [0.3, 0.4) is 0 Å². The summed E-state index contributed by atoms with van der Waals surface area (Å²) >= 11 is 0. The second-order valence-corrected chi connectivity index (χ2v) is 3.94. The standard InChI is InChI=1S/C13H28N2O5/c1-2-15-13(16)3-5-17-7-9-19-11-12-20-10-8-18-6-4-14/h2-12,14H2,1H3,(H,15,16). The molecule has 0 bridgehead atoms. The Hall–Kier alpha value is -0.730. The van der Waals surface area contributed by atoms with Gasteiger partial charge in [-0.3, -0.25) is 4.79 Å². The van der Waals surface area contributed by atoms with Gasteiger partial charge in [-0.2, -0.15) is 0 Å². The van der Waals surface area contributed by atoms with Gasteiger partial charge < -0.3 is 30.0 Å². The van der Waals surface area contributed by atoms with Gasteiger partial charge in [0, 0.05) is 19.5 Å². The zero-order valence-corrected chi connectivity index (χ0v) is 12.4. The molecule has 0 spiro atoms. The molecule has 7 heteroatoms. The molecule has 3 N–H and O–H groups in total. The number of nitrogens with one attached hydrogen (secondary N) is 1. The Kier molecular flexibility index (Phi) is 15.7. The molecule has 0 aromatic heterocycles. The summed E-state index contributed by atoms with van der Waals surface area (Å²) in [6.07, 6.45) is 0.389. The lowest BCUT2D eigenvalue weighted by Crippen LogP contribution is -2.24. The molecular weight excluding hydrogens is 264 g/mol. The third kappa shape index (κ3) is 15.3. The van der Waals surface area contributed by atoms with Crippen molar-refractivity contribution in [2.75, 3.05) is 65.9 Å². The van der Waals surface area contributed by atoms with Crippen LogP contribution >= 0.6 is 0 Å². The van der Waals surface area contributed by atoms with Gasteiger partial charge in [0.25, 0.3) is 0 Å². The minimum absolute atomic E-state index is 0.0127. The highest BCUT2D eigenvalue weighted by Gasteiger charge is 1.98. The first-order valence-electron chi connectivity index (χ1n) is 7.09. The minimum Gasteiger partial charge on any atom is -0.379 e. The Labute approximate surface area is 121 Å². The number of rotatable bonds is 15. The van der Waals surface area contributed by atoms with Gasteiger partial charge in [0.1, 0.15) is 0 Å². The molecule has 0 unspecified atom stereocenters. The number of ether oxygens (including phenoxy) is 4. The first-order valence-corrected chi connectivity index (χ1v) is 7.09. The number of hydrogen-bond acceptors (Lipinski definition) is 6. The highest BCUT2D eigenvalue weighted by molar-refractivity contribution is 5.75. The normalized spacial score (nSPS) is 10.7.